The Labute approximate surface area is 177 Å². The highest BCUT2D eigenvalue weighted by Crippen LogP contribution is 2.42. The lowest BCUT2D eigenvalue weighted by molar-refractivity contribution is 0.0472. The number of benzene rings is 1. The number of phenolic OH excluding ortho intramolecular Hbond substituents is 1. The molecule has 4 rings (SSSR count). The number of pyridine rings is 1. The van der Waals surface area contributed by atoms with Crippen LogP contribution in [0.2, 0.25) is 9.36 Å². The molecule has 150 valence electrons. The molecule has 0 spiro atoms. The van der Waals surface area contributed by atoms with E-state index in [0.717, 1.165) is 29.5 Å². The largest absolute Gasteiger partial charge is 0.505 e. The number of fused-ring (bicyclic) bond motifs is 6. The molecule has 0 saturated carbocycles. The highest BCUT2D eigenvalue weighted by atomic mass is 35.5. The van der Waals surface area contributed by atoms with Gasteiger partial charge in [-0.2, -0.15) is 4.39 Å². The number of sulfonamides is 1. The van der Waals surface area contributed by atoms with E-state index in [4.69, 9.17) is 27.9 Å². The molecule has 0 amide bonds. The van der Waals surface area contributed by atoms with E-state index in [-0.39, 0.29) is 27.2 Å². The number of carbonyl (C=O) groups is 1. The molecule has 1 aliphatic rings. The van der Waals surface area contributed by atoms with E-state index in [1.165, 1.54) is 12.3 Å². The van der Waals surface area contributed by atoms with Gasteiger partial charge in [0, 0.05) is 28.3 Å². The molecule has 7 nitrogen and oxygen atoms in total. The van der Waals surface area contributed by atoms with Gasteiger partial charge in [-0.05, 0) is 18.2 Å². The Kier molecular flexibility index (Phi) is 4.89. The van der Waals surface area contributed by atoms with Crippen molar-refractivity contribution >= 4 is 56.2 Å². The highest BCUT2D eigenvalue weighted by Gasteiger charge is 2.27. The van der Waals surface area contributed by atoms with Crippen molar-refractivity contribution in [3.63, 3.8) is 0 Å². The molecule has 1 aliphatic heterocycles. The second-order valence-electron chi connectivity index (χ2n) is 5.95. The maximum absolute atomic E-state index is 13.7. The number of rotatable bonds is 0. The van der Waals surface area contributed by atoms with Gasteiger partial charge in [-0.25, -0.2) is 18.2 Å². The zero-order valence-electron chi connectivity index (χ0n) is 14.1. The quantitative estimate of drug-likeness (QED) is 0.368. The third-order valence-electron chi connectivity index (χ3n) is 4.07. The first-order valence-electron chi connectivity index (χ1n) is 7.82. The number of anilines is 1. The molecule has 4 bridgehead atoms. The summed E-state index contributed by atoms with van der Waals surface area (Å²) in [5, 5.41) is 9.76. The molecule has 12 heteroatoms. The Hall–Kier alpha value is -2.40. The Morgan fingerprint density at radius 3 is 2.76 bits per heavy atom. The standard InChI is InChI=1S/C17H9Cl2FN2O5S2/c18-10-1-7-2-13(15(10)23)29(25,26)22-11-4-12(28-16(11)19)9-5-21-14(20)3-8(9)6-27-17(7)24/h1-5,22-23H,6H2. The van der Waals surface area contributed by atoms with E-state index in [1.54, 1.807) is 0 Å². The maximum Gasteiger partial charge on any atom is 0.338 e. The summed E-state index contributed by atoms with van der Waals surface area (Å²) in [6.45, 7) is -0.313. The lowest BCUT2D eigenvalue weighted by atomic mass is 10.1. The Balaban J connectivity index is 1.96. The summed E-state index contributed by atoms with van der Waals surface area (Å²) in [4.78, 5) is 15.9. The van der Waals surface area contributed by atoms with Crippen LogP contribution in [0.25, 0.3) is 10.4 Å². The first kappa shape index (κ1) is 19.9. The minimum Gasteiger partial charge on any atom is -0.505 e. The summed E-state index contributed by atoms with van der Waals surface area (Å²) in [5.41, 5.74) is 0.556. The lowest BCUT2D eigenvalue weighted by Gasteiger charge is -2.12. The van der Waals surface area contributed by atoms with Crippen molar-refractivity contribution in [2.24, 2.45) is 0 Å². The molecule has 0 radical (unpaired) electrons. The second kappa shape index (κ2) is 7.13. The molecule has 29 heavy (non-hydrogen) atoms. The van der Waals surface area contributed by atoms with Gasteiger partial charge in [-0.1, -0.05) is 23.2 Å². The molecule has 0 atom stereocenters. The van der Waals surface area contributed by atoms with Gasteiger partial charge in [0.25, 0.3) is 10.0 Å². The SMILES string of the molecule is O=C1OCc2cc(F)ncc2-c2cc(c(Cl)s2)NS(=O)(=O)c2cc1cc(Cl)c2O. The number of thiophene rings is 1. The van der Waals surface area contributed by atoms with E-state index < -0.39 is 32.6 Å². The van der Waals surface area contributed by atoms with Gasteiger partial charge < -0.3 is 9.84 Å². The monoisotopic (exact) mass is 474 g/mol. The predicted molar refractivity (Wildman–Crippen MR) is 106 cm³/mol. The van der Waals surface area contributed by atoms with Gasteiger partial charge in [0.2, 0.25) is 5.95 Å². The van der Waals surface area contributed by atoms with Crippen molar-refractivity contribution in [1.29, 1.82) is 0 Å². The molecule has 2 aromatic heterocycles. The third kappa shape index (κ3) is 3.64. The summed E-state index contributed by atoms with van der Waals surface area (Å²) < 4.78 is 46.8. The summed E-state index contributed by atoms with van der Waals surface area (Å²) in [5.74, 6) is -2.41. The van der Waals surface area contributed by atoms with Crippen LogP contribution in [-0.4, -0.2) is 24.5 Å². The fourth-order valence-electron chi connectivity index (χ4n) is 2.70. The van der Waals surface area contributed by atoms with Crippen LogP contribution in [0.4, 0.5) is 10.1 Å². The van der Waals surface area contributed by atoms with Crippen molar-refractivity contribution in [2.45, 2.75) is 11.5 Å². The molecular formula is C17H9Cl2FN2O5S2. The van der Waals surface area contributed by atoms with Crippen LogP contribution in [0.15, 0.2) is 35.4 Å². The number of aromatic nitrogens is 1. The average Bonchev–Trinajstić information content (AvgIpc) is 3.00. The molecule has 3 aromatic rings. The van der Waals surface area contributed by atoms with Crippen molar-refractivity contribution < 1.29 is 27.4 Å². The van der Waals surface area contributed by atoms with Crippen LogP contribution < -0.4 is 4.72 Å². The van der Waals surface area contributed by atoms with E-state index in [1.807, 2.05) is 0 Å². The van der Waals surface area contributed by atoms with E-state index in [2.05, 4.69) is 9.71 Å². The van der Waals surface area contributed by atoms with Gasteiger partial charge in [-0.3, -0.25) is 4.72 Å². The van der Waals surface area contributed by atoms with Crippen molar-refractivity contribution in [1.82, 2.24) is 4.98 Å². The lowest BCUT2D eigenvalue weighted by Crippen LogP contribution is -2.14. The molecule has 1 aromatic carbocycles. The van der Waals surface area contributed by atoms with Crippen LogP contribution in [0.5, 0.6) is 5.75 Å². The van der Waals surface area contributed by atoms with E-state index >= 15 is 0 Å². The smallest absolute Gasteiger partial charge is 0.338 e. The summed E-state index contributed by atoms with van der Waals surface area (Å²) in [6.07, 6.45) is 1.24. The molecule has 3 heterocycles. The number of nitrogens with zero attached hydrogens (tertiary/aromatic N) is 1. The minimum absolute atomic E-state index is 0.0364. The third-order valence-corrected chi connectivity index (χ3v) is 7.12. The molecule has 0 saturated heterocycles. The van der Waals surface area contributed by atoms with Crippen molar-refractivity contribution in [2.75, 3.05) is 4.72 Å². The summed E-state index contributed by atoms with van der Waals surface area (Å²) >= 11 is 13.1. The number of hydrogen-bond acceptors (Lipinski definition) is 7. The van der Waals surface area contributed by atoms with Crippen LogP contribution in [0.1, 0.15) is 15.9 Å². The van der Waals surface area contributed by atoms with Crippen LogP contribution in [0.3, 0.4) is 0 Å². The molecule has 0 unspecified atom stereocenters. The maximum atomic E-state index is 13.7. The number of nitrogens with one attached hydrogen (secondary N) is 1. The predicted octanol–water partition coefficient (Wildman–Crippen LogP) is 4.43. The number of ether oxygens (including phenoxy) is 1. The minimum atomic E-state index is -4.36. The fourth-order valence-corrected chi connectivity index (χ4v) is 5.54. The van der Waals surface area contributed by atoms with E-state index in [0.29, 0.717) is 16.0 Å². The summed E-state index contributed by atoms with van der Waals surface area (Å²) in [7, 11) is -4.36. The topological polar surface area (TPSA) is 106 Å². The molecular weight excluding hydrogens is 466 g/mol. The van der Waals surface area contributed by atoms with Gasteiger partial charge in [0.05, 0.1) is 16.3 Å². The number of carbonyl (C=O) groups excluding carboxylic acids is 1. The first-order valence-corrected chi connectivity index (χ1v) is 10.9. The first-order chi connectivity index (χ1) is 13.7. The summed E-state index contributed by atoms with van der Waals surface area (Å²) in [6, 6.07) is 4.54. The number of cyclic esters (lactones) is 1. The average molecular weight is 475 g/mol. The zero-order valence-corrected chi connectivity index (χ0v) is 17.2. The Morgan fingerprint density at radius 1 is 1.24 bits per heavy atom. The number of esters is 1. The van der Waals surface area contributed by atoms with E-state index in [9.17, 15) is 22.7 Å². The van der Waals surface area contributed by atoms with Gasteiger partial charge in [0.1, 0.15) is 15.8 Å². The normalized spacial score (nSPS) is 15.2. The number of phenols is 1. The van der Waals surface area contributed by atoms with Crippen LogP contribution in [0, 0.1) is 5.95 Å². The molecule has 0 fully saturated rings. The van der Waals surface area contributed by atoms with Crippen LogP contribution >= 0.6 is 34.5 Å². The zero-order chi connectivity index (χ0) is 20.9. The van der Waals surface area contributed by atoms with Gasteiger partial charge >= 0.3 is 5.97 Å². The second-order valence-corrected chi connectivity index (χ2v) is 9.66. The van der Waals surface area contributed by atoms with Gasteiger partial charge in [-0.15, -0.1) is 11.3 Å². The van der Waals surface area contributed by atoms with Crippen molar-refractivity contribution in [3.8, 4) is 16.2 Å². The Morgan fingerprint density at radius 2 is 2.00 bits per heavy atom. The highest BCUT2D eigenvalue weighted by molar-refractivity contribution is 7.92. The molecule has 0 aliphatic carbocycles. The number of aromatic hydroxyl groups is 1. The fraction of sp³-hybridized carbons (Fsp3) is 0.0588. The molecule has 2 N–H and O–H groups in total. The number of halogens is 3. The Bertz CT molecular complexity index is 1280. The van der Waals surface area contributed by atoms with Gasteiger partial charge in [0.15, 0.2) is 5.75 Å². The van der Waals surface area contributed by atoms with Crippen LogP contribution in [-0.2, 0) is 21.4 Å². The number of hydrogen-bond donors (Lipinski definition) is 2. The van der Waals surface area contributed by atoms with Crippen molar-refractivity contribution in [3.05, 3.63) is 56.9 Å².